The number of benzene rings is 2. The van der Waals surface area contributed by atoms with Gasteiger partial charge in [0, 0.05) is 16.9 Å². The van der Waals surface area contributed by atoms with E-state index in [0.29, 0.717) is 11.8 Å². The molecule has 0 heterocycles. The number of allylic oxidation sites excluding steroid dienone is 1. The van der Waals surface area contributed by atoms with Crippen molar-refractivity contribution in [2.75, 3.05) is 0 Å². The maximum atomic E-state index is 13.7. The summed E-state index contributed by atoms with van der Waals surface area (Å²) in [5.74, 6) is 1.13. The van der Waals surface area contributed by atoms with Gasteiger partial charge in [0.25, 0.3) is 0 Å². The van der Waals surface area contributed by atoms with Crippen molar-refractivity contribution < 1.29 is 9.53 Å². The summed E-state index contributed by atoms with van der Waals surface area (Å²) in [6.07, 6.45) is 5.47. The van der Waals surface area contributed by atoms with Gasteiger partial charge in [0.15, 0.2) is 0 Å². The molecule has 2 aliphatic rings. The highest BCUT2D eigenvalue weighted by Crippen LogP contribution is 2.56. The van der Waals surface area contributed by atoms with Gasteiger partial charge < -0.3 is 4.74 Å². The molecule has 2 aliphatic carbocycles. The van der Waals surface area contributed by atoms with Gasteiger partial charge in [0.05, 0.1) is 14.0 Å². The number of hydrogen-bond donors (Lipinski definition) is 0. The standard InChI is InChI=1S/C31H41ClO2Si/c1-21-12-17-26(31(2,3)23-10-8-7-9-11-23)27(20-21)34-30(33)29-25(18-19-35(4,5)6)28(29)22-13-15-24(32)16-14-22/h7-11,13-16,18-19,21,25-29H,12,17,20H2,1-6H3/b19-18+/t21-,25+,26-,27-,28-,29-/m1/s1. The van der Waals surface area contributed by atoms with Crippen LogP contribution in [-0.2, 0) is 14.9 Å². The average Bonchev–Trinajstić information content (AvgIpc) is 3.53. The lowest BCUT2D eigenvalue weighted by atomic mass is 9.64. The van der Waals surface area contributed by atoms with Gasteiger partial charge in [-0.25, -0.2) is 0 Å². The van der Waals surface area contributed by atoms with Crippen molar-refractivity contribution in [1.29, 1.82) is 0 Å². The quantitative estimate of drug-likeness (QED) is 0.277. The van der Waals surface area contributed by atoms with Gasteiger partial charge in [-0.2, -0.15) is 0 Å². The number of carbonyl (C=O) groups excluding carboxylic acids is 1. The summed E-state index contributed by atoms with van der Waals surface area (Å²) in [4.78, 5) is 13.7. The van der Waals surface area contributed by atoms with Crippen LogP contribution in [0.15, 0.2) is 66.4 Å². The molecule has 2 aromatic rings. The smallest absolute Gasteiger partial charge is 0.310 e. The first kappa shape index (κ1) is 26.2. The summed E-state index contributed by atoms with van der Waals surface area (Å²) in [6, 6.07) is 18.7. The van der Waals surface area contributed by atoms with Crippen LogP contribution >= 0.6 is 11.6 Å². The summed E-state index contributed by atoms with van der Waals surface area (Å²) in [6.45, 7) is 13.9. The molecule has 35 heavy (non-hydrogen) atoms. The van der Waals surface area contributed by atoms with Crippen molar-refractivity contribution in [1.82, 2.24) is 0 Å². The molecule has 2 fully saturated rings. The summed E-state index contributed by atoms with van der Waals surface area (Å²) in [5.41, 5.74) is 4.82. The molecule has 0 radical (unpaired) electrons. The molecule has 0 N–H and O–H groups in total. The van der Waals surface area contributed by atoms with Crippen molar-refractivity contribution in [2.24, 2.45) is 23.7 Å². The van der Waals surface area contributed by atoms with Crippen LogP contribution in [0.25, 0.3) is 0 Å². The second-order valence-electron chi connectivity index (χ2n) is 12.5. The lowest BCUT2D eigenvalue weighted by Crippen LogP contribution is -2.43. The predicted molar refractivity (Wildman–Crippen MR) is 150 cm³/mol. The molecule has 0 amide bonds. The molecule has 0 unspecified atom stereocenters. The highest BCUT2D eigenvalue weighted by molar-refractivity contribution is 6.80. The molecule has 0 aromatic heterocycles. The Balaban J connectivity index is 1.56. The zero-order valence-corrected chi connectivity index (χ0v) is 23.9. The molecule has 0 saturated heterocycles. The second-order valence-corrected chi connectivity index (χ2v) is 18.0. The Hall–Kier alpha value is -1.84. The third-order valence-electron chi connectivity index (χ3n) is 8.19. The molecule has 6 atom stereocenters. The van der Waals surface area contributed by atoms with Crippen molar-refractivity contribution >= 4 is 25.6 Å². The fraction of sp³-hybridized carbons (Fsp3) is 0.516. The third kappa shape index (κ3) is 6.11. The summed E-state index contributed by atoms with van der Waals surface area (Å²) in [7, 11) is -1.36. The molecule has 4 heteroatoms. The van der Waals surface area contributed by atoms with E-state index in [0.717, 1.165) is 17.9 Å². The molecule has 2 nitrogen and oxygen atoms in total. The van der Waals surface area contributed by atoms with Crippen LogP contribution in [0.5, 0.6) is 0 Å². The van der Waals surface area contributed by atoms with E-state index in [1.807, 2.05) is 12.1 Å². The van der Waals surface area contributed by atoms with Crippen LogP contribution in [0.2, 0.25) is 24.7 Å². The van der Waals surface area contributed by atoms with E-state index in [4.69, 9.17) is 16.3 Å². The van der Waals surface area contributed by atoms with Crippen molar-refractivity contribution in [3.63, 3.8) is 0 Å². The summed E-state index contributed by atoms with van der Waals surface area (Å²) in [5, 5.41) is 0.727. The Labute approximate surface area is 218 Å². The summed E-state index contributed by atoms with van der Waals surface area (Å²) >= 11 is 6.14. The molecular formula is C31H41ClO2Si. The highest BCUT2D eigenvalue weighted by atomic mass is 35.5. The van der Waals surface area contributed by atoms with Crippen LogP contribution in [0.3, 0.4) is 0 Å². The average molecular weight is 509 g/mol. The van der Waals surface area contributed by atoms with Gasteiger partial charge in [0.2, 0.25) is 0 Å². The van der Waals surface area contributed by atoms with E-state index in [-0.39, 0.29) is 35.2 Å². The molecule has 188 valence electrons. The van der Waals surface area contributed by atoms with Crippen molar-refractivity contribution in [3.8, 4) is 0 Å². The number of rotatable bonds is 7. The lowest BCUT2D eigenvalue weighted by molar-refractivity contribution is -0.158. The van der Waals surface area contributed by atoms with Crippen LogP contribution < -0.4 is 0 Å². The first-order valence-corrected chi connectivity index (χ1v) is 17.1. The molecule has 2 saturated carbocycles. The second kappa shape index (κ2) is 10.3. The number of ether oxygens (including phenoxy) is 1. The normalized spacial score (nSPS) is 29.2. The van der Waals surface area contributed by atoms with Gasteiger partial charge >= 0.3 is 5.97 Å². The largest absolute Gasteiger partial charge is 0.462 e. The minimum Gasteiger partial charge on any atom is -0.462 e. The maximum absolute atomic E-state index is 13.7. The van der Waals surface area contributed by atoms with Gasteiger partial charge in [-0.05, 0) is 53.4 Å². The Kier molecular flexibility index (Phi) is 7.69. The minimum atomic E-state index is -1.36. The van der Waals surface area contributed by atoms with Gasteiger partial charge in [-0.1, -0.05) is 113 Å². The number of esters is 1. The van der Waals surface area contributed by atoms with Crippen molar-refractivity contribution in [2.45, 2.75) is 77.1 Å². The molecule has 0 spiro atoms. The fourth-order valence-corrected chi connectivity index (χ4v) is 6.91. The third-order valence-corrected chi connectivity index (χ3v) is 9.63. The van der Waals surface area contributed by atoms with E-state index in [1.165, 1.54) is 17.5 Å². The lowest BCUT2D eigenvalue weighted by Gasteiger charge is -2.44. The van der Waals surface area contributed by atoms with Crippen LogP contribution in [0, 0.1) is 23.7 Å². The first-order chi connectivity index (χ1) is 16.5. The van der Waals surface area contributed by atoms with E-state index in [9.17, 15) is 4.79 Å². The molecule has 4 rings (SSSR count). The zero-order chi connectivity index (χ0) is 25.4. The molecular weight excluding hydrogens is 468 g/mol. The van der Waals surface area contributed by atoms with E-state index >= 15 is 0 Å². The molecule has 2 aromatic carbocycles. The number of hydrogen-bond acceptors (Lipinski definition) is 2. The Morgan fingerprint density at radius 1 is 1.03 bits per heavy atom. The van der Waals surface area contributed by atoms with Crippen LogP contribution in [-0.4, -0.2) is 20.1 Å². The molecule has 0 aliphatic heterocycles. The Morgan fingerprint density at radius 2 is 1.69 bits per heavy atom. The molecule has 0 bridgehead atoms. The maximum Gasteiger partial charge on any atom is 0.310 e. The monoisotopic (exact) mass is 508 g/mol. The fourth-order valence-electron chi connectivity index (χ4n) is 5.99. The van der Waals surface area contributed by atoms with Gasteiger partial charge in [-0.3, -0.25) is 4.79 Å². The first-order valence-electron chi connectivity index (χ1n) is 13.2. The Morgan fingerprint density at radius 3 is 2.31 bits per heavy atom. The van der Waals surface area contributed by atoms with E-state index in [2.05, 4.69) is 94.7 Å². The zero-order valence-electron chi connectivity index (χ0n) is 22.1. The number of halogens is 1. The van der Waals surface area contributed by atoms with Gasteiger partial charge in [0.1, 0.15) is 6.10 Å². The number of carbonyl (C=O) groups is 1. The summed E-state index contributed by atoms with van der Waals surface area (Å²) < 4.78 is 6.46. The predicted octanol–water partition coefficient (Wildman–Crippen LogP) is 8.43. The van der Waals surface area contributed by atoms with Crippen molar-refractivity contribution in [3.05, 3.63) is 82.5 Å². The SMILES string of the molecule is C[C@@H]1CC[C@@H](C(C)(C)c2ccccc2)[C@H](OC(=O)[C@@H]2[C@@H](/C=C/[Si](C)(C)C)[C@H]2c2ccc(Cl)cc2)C1. The Bertz CT molecular complexity index is 1040. The highest BCUT2D eigenvalue weighted by Gasteiger charge is 2.56. The van der Waals surface area contributed by atoms with Crippen LogP contribution in [0.1, 0.15) is 57.1 Å². The van der Waals surface area contributed by atoms with E-state index < -0.39 is 8.07 Å². The van der Waals surface area contributed by atoms with E-state index in [1.54, 1.807) is 0 Å². The van der Waals surface area contributed by atoms with Gasteiger partial charge in [-0.15, -0.1) is 0 Å². The minimum absolute atomic E-state index is 0.0249. The van der Waals surface area contributed by atoms with Crippen LogP contribution in [0.4, 0.5) is 0 Å². The topological polar surface area (TPSA) is 26.3 Å².